The number of aryl methyl sites for hydroxylation is 1. The number of carbonyl (C=O) groups excluding carboxylic acids is 1. The maximum absolute atomic E-state index is 13.2. The van der Waals surface area contributed by atoms with Crippen molar-refractivity contribution in [2.45, 2.75) is 25.8 Å². The molecular weight excluding hydrogens is 330 g/mol. The third-order valence-corrected chi connectivity index (χ3v) is 5.51. The number of piperidine rings is 1. The van der Waals surface area contributed by atoms with Crippen LogP contribution in [0.15, 0.2) is 41.5 Å². The van der Waals surface area contributed by atoms with Crippen LogP contribution in [0, 0.1) is 12.8 Å². The van der Waals surface area contributed by atoms with Crippen LogP contribution in [-0.4, -0.2) is 43.1 Å². The third-order valence-electron chi connectivity index (χ3n) is 5.51. The van der Waals surface area contributed by atoms with Crippen LogP contribution in [-0.2, 0) is 6.54 Å². The van der Waals surface area contributed by atoms with Gasteiger partial charge in [-0.25, -0.2) is 9.50 Å². The molecule has 5 rings (SSSR count). The number of likely N-dealkylation sites (tertiary alicyclic amines) is 1. The second kappa shape index (κ2) is 5.52. The molecule has 0 aromatic carbocycles. The molecule has 5 heterocycles. The number of amides is 1. The fraction of sp³-hybridized carbons (Fsp3) is 0.368. The van der Waals surface area contributed by atoms with E-state index in [2.05, 4.69) is 10.1 Å². The summed E-state index contributed by atoms with van der Waals surface area (Å²) in [6.07, 6.45) is 4.45. The molecule has 7 nitrogen and oxygen atoms in total. The lowest BCUT2D eigenvalue weighted by molar-refractivity contribution is 0.0596. The minimum Gasteiger partial charge on any atom is -0.337 e. The van der Waals surface area contributed by atoms with Gasteiger partial charge in [-0.1, -0.05) is 6.07 Å². The highest BCUT2D eigenvalue weighted by atomic mass is 16.2. The van der Waals surface area contributed by atoms with Gasteiger partial charge in [0.05, 0.1) is 6.20 Å². The van der Waals surface area contributed by atoms with Crippen molar-refractivity contribution in [3.63, 3.8) is 0 Å². The van der Waals surface area contributed by atoms with Crippen LogP contribution in [0.2, 0.25) is 0 Å². The van der Waals surface area contributed by atoms with E-state index in [4.69, 9.17) is 0 Å². The van der Waals surface area contributed by atoms with Gasteiger partial charge in [-0.05, 0) is 31.4 Å². The number of rotatable bonds is 1. The summed E-state index contributed by atoms with van der Waals surface area (Å²) < 4.78 is 3.51. The molecule has 0 saturated carbocycles. The van der Waals surface area contributed by atoms with Crippen LogP contribution in [0.5, 0.6) is 0 Å². The van der Waals surface area contributed by atoms with Gasteiger partial charge in [0.25, 0.3) is 11.5 Å². The molecule has 2 bridgehead atoms. The van der Waals surface area contributed by atoms with E-state index in [9.17, 15) is 9.59 Å². The highest BCUT2D eigenvalue weighted by Gasteiger charge is 2.37. The van der Waals surface area contributed by atoms with Gasteiger partial charge >= 0.3 is 0 Å². The lowest BCUT2D eigenvalue weighted by Gasteiger charge is -2.42. The smallest absolute Gasteiger partial charge is 0.259 e. The lowest BCUT2D eigenvalue weighted by atomic mass is 9.83. The molecule has 3 aromatic rings. The number of aromatic nitrogens is 4. The van der Waals surface area contributed by atoms with Crippen molar-refractivity contribution in [2.24, 2.45) is 5.92 Å². The molecule has 1 fully saturated rings. The summed E-state index contributed by atoms with van der Waals surface area (Å²) in [7, 11) is 0. The molecule has 0 N–H and O–H groups in total. The second-order valence-electron chi connectivity index (χ2n) is 7.30. The summed E-state index contributed by atoms with van der Waals surface area (Å²) >= 11 is 0. The standard InChI is InChI=1S/C19H19N5O2/c1-12-5-6-24-18(21-12)15(8-20-24)19(26)22-9-13-7-14(11-22)16-3-2-4-17(25)23(16)10-13/h2-6,8,13-14H,7,9-11H2,1H3/t13-,14+/m0/s1. The van der Waals surface area contributed by atoms with Crippen molar-refractivity contribution in [3.8, 4) is 0 Å². The summed E-state index contributed by atoms with van der Waals surface area (Å²) in [5, 5.41) is 4.26. The minimum atomic E-state index is -0.0282. The zero-order chi connectivity index (χ0) is 17.8. The number of pyridine rings is 1. The Morgan fingerprint density at radius 3 is 2.96 bits per heavy atom. The van der Waals surface area contributed by atoms with Crippen LogP contribution in [0.25, 0.3) is 5.65 Å². The Kier molecular flexibility index (Phi) is 3.25. The second-order valence-corrected chi connectivity index (χ2v) is 7.30. The largest absolute Gasteiger partial charge is 0.337 e. The maximum Gasteiger partial charge on any atom is 0.259 e. The normalized spacial score (nSPS) is 21.7. The summed E-state index contributed by atoms with van der Waals surface area (Å²) in [4.78, 5) is 31.7. The van der Waals surface area contributed by atoms with Crippen LogP contribution < -0.4 is 5.56 Å². The number of hydrogen-bond acceptors (Lipinski definition) is 4. The maximum atomic E-state index is 13.2. The van der Waals surface area contributed by atoms with Gasteiger partial charge in [-0.15, -0.1) is 0 Å². The van der Waals surface area contributed by atoms with Crippen molar-refractivity contribution in [2.75, 3.05) is 13.1 Å². The summed E-state index contributed by atoms with van der Waals surface area (Å²) in [5.41, 5.74) is 3.09. The molecule has 1 saturated heterocycles. The van der Waals surface area contributed by atoms with E-state index >= 15 is 0 Å². The predicted molar refractivity (Wildman–Crippen MR) is 95.2 cm³/mol. The first kappa shape index (κ1) is 15.3. The SMILES string of the molecule is Cc1ccn2ncc(C(=O)N3C[C@@H]4C[C@H](C3)c3cccc(=O)n3C4)c2n1. The van der Waals surface area contributed by atoms with E-state index in [0.29, 0.717) is 36.8 Å². The van der Waals surface area contributed by atoms with Crippen molar-refractivity contribution >= 4 is 11.6 Å². The quantitative estimate of drug-likeness (QED) is 0.667. The van der Waals surface area contributed by atoms with Crippen molar-refractivity contribution in [1.82, 2.24) is 24.1 Å². The molecule has 0 radical (unpaired) electrons. The van der Waals surface area contributed by atoms with Crippen molar-refractivity contribution < 1.29 is 4.79 Å². The topological polar surface area (TPSA) is 72.5 Å². The zero-order valence-corrected chi connectivity index (χ0v) is 14.5. The first-order valence-corrected chi connectivity index (χ1v) is 8.90. The van der Waals surface area contributed by atoms with Gasteiger partial charge in [0.15, 0.2) is 5.65 Å². The van der Waals surface area contributed by atoms with Gasteiger partial charge in [0.2, 0.25) is 0 Å². The molecule has 132 valence electrons. The molecule has 2 aliphatic rings. The Bertz CT molecular complexity index is 1080. The molecule has 1 amide bonds. The van der Waals surface area contributed by atoms with E-state index < -0.39 is 0 Å². The lowest BCUT2D eigenvalue weighted by Crippen LogP contribution is -2.49. The molecule has 7 heteroatoms. The molecule has 26 heavy (non-hydrogen) atoms. The van der Waals surface area contributed by atoms with E-state index in [1.165, 1.54) is 0 Å². The van der Waals surface area contributed by atoms with Crippen LogP contribution in [0.4, 0.5) is 0 Å². The molecule has 2 aliphatic heterocycles. The summed E-state index contributed by atoms with van der Waals surface area (Å²) in [6.45, 7) is 3.88. The highest BCUT2D eigenvalue weighted by molar-refractivity contribution is 5.99. The Hall–Kier alpha value is -2.96. The third kappa shape index (κ3) is 2.27. The van der Waals surface area contributed by atoms with Gasteiger partial charge in [0, 0.05) is 49.2 Å². The number of nitrogens with zero attached hydrogens (tertiary/aromatic N) is 5. The van der Waals surface area contributed by atoms with Gasteiger partial charge in [0.1, 0.15) is 5.56 Å². The number of fused-ring (bicyclic) bond motifs is 5. The fourth-order valence-corrected chi connectivity index (χ4v) is 4.34. The average molecular weight is 349 g/mol. The number of carbonyl (C=O) groups is 1. The van der Waals surface area contributed by atoms with E-state index in [1.54, 1.807) is 16.8 Å². The van der Waals surface area contributed by atoms with Crippen molar-refractivity contribution in [1.29, 1.82) is 0 Å². The Balaban J connectivity index is 1.49. The summed E-state index contributed by atoms with van der Waals surface area (Å²) in [6, 6.07) is 7.30. The first-order valence-electron chi connectivity index (χ1n) is 8.90. The average Bonchev–Trinajstić information content (AvgIpc) is 3.05. The zero-order valence-electron chi connectivity index (χ0n) is 14.5. The molecule has 3 aromatic heterocycles. The van der Waals surface area contributed by atoms with E-state index in [1.807, 2.05) is 40.8 Å². The molecular formula is C19H19N5O2. The van der Waals surface area contributed by atoms with Gasteiger partial charge in [-0.2, -0.15) is 5.10 Å². The van der Waals surface area contributed by atoms with Crippen LogP contribution >= 0.6 is 0 Å². The molecule has 2 atom stereocenters. The molecule has 0 unspecified atom stereocenters. The molecule has 0 spiro atoms. The Morgan fingerprint density at radius 1 is 1.19 bits per heavy atom. The molecule has 0 aliphatic carbocycles. The highest BCUT2D eigenvalue weighted by Crippen LogP contribution is 2.35. The fourth-order valence-electron chi connectivity index (χ4n) is 4.34. The predicted octanol–water partition coefficient (Wildman–Crippen LogP) is 1.46. The Labute approximate surface area is 149 Å². The Morgan fingerprint density at radius 2 is 2.08 bits per heavy atom. The monoisotopic (exact) mass is 349 g/mol. The minimum absolute atomic E-state index is 0.0282. The van der Waals surface area contributed by atoms with Crippen LogP contribution in [0.3, 0.4) is 0 Å². The first-order chi connectivity index (χ1) is 12.6. The van der Waals surface area contributed by atoms with Crippen LogP contribution in [0.1, 0.15) is 34.1 Å². The summed E-state index contributed by atoms with van der Waals surface area (Å²) in [5.74, 6) is 0.484. The van der Waals surface area contributed by atoms with Crippen molar-refractivity contribution in [3.05, 3.63) is 64.0 Å². The van der Waals surface area contributed by atoms with Gasteiger partial charge in [-0.3, -0.25) is 9.59 Å². The van der Waals surface area contributed by atoms with E-state index in [-0.39, 0.29) is 17.4 Å². The number of hydrogen-bond donors (Lipinski definition) is 0. The van der Waals surface area contributed by atoms with E-state index in [0.717, 1.165) is 17.8 Å². The van der Waals surface area contributed by atoms with Gasteiger partial charge < -0.3 is 9.47 Å².